The molecule has 1 aliphatic rings. The van der Waals surface area contributed by atoms with E-state index in [4.69, 9.17) is 11.6 Å². The quantitative estimate of drug-likeness (QED) is 0.911. The Hall–Kier alpha value is -1.34. The Morgan fingerprint density at radius 3 is 2.86 bits per heavy atom. The fraction of sp³-hybridized carbons (Fsp3) is 0.538. The van der Waals surface area contributed by atoms with Crippen molar-refractivity contribution in [3.8, 4) is 0 Å². The fourth-order valence-corrected chi connectivity index (χ4v) is 3.21. The second-order valence-electron chi connectivity index (χ2n) is 5.01. The van der Waals surface area contributed by atoms with Crippen LogP contribution in [-0.4, -0.2) is 55.9 Å². The molecule has 1 atom stereocenters. The summed E-state index contributed by atoms with van der Waals surface area (Å²) < 4.78 is 0. The molecule has 1 aromatic rings. The van der Waals surface area contributed by atoms with Gasteiger partial charge in [-0.1, -0.05) is 25.4 Å². The summed E-state index contributed by atoms with van der Waals surface area (Å²) in [7, 11) is 0. The largest absolute Gasteiger partial charge is 0.480 e. The van der Waals surface area contributed by atoms with Crippen molar-refractivity contribution < 1.29 is 14.7 Å². The Labute approximate surface area is 131 Å². The third kappa shape index (κ3) is 3.47. The van der Waals surface area contributed by atoms with Crippen molar-refractivity contribution in [2.75, 3.05) is 18.1 Å². The number of thioether (sulfide) groups is 1. The Kier molecular flexibility index (Phi) is 5.05. The standard InChI is InChI=1S/C13H16ClN3O3S/c1-7(2)11-15-5-8(14)10(16-11)12(18)17-3-4-21-6-9(17)13(19)20/h5,7,9H,3-4,6H2,1-2H3,(H,19,20). The molecule has 0 radical (unpaired) electrons. The molecule has 0 spiro atoms. The molecule has 1 N–H and O–H groups in total. The van der Waals surface area contributed by atoms with Crippen molar-refractivity contribution in [2.24, 2.45) is 0 Å². The zero-order valence-electron chi connectivity index (χ0n) is 11.7. The lowest BCUT2D eigenvalue weighted by Gasteiger charge is -2.32. The van der Waals surface area contributed by atoms with E-state index >= 15 is 0 Å². The molecule has 0 aliphatic carbocycles. The van der Waals surface area contributed by atoms with Crippen LogP contribution in [0.3, 0.4) is 0 Å². The summed E-state index contributed by atoms with van der Waals surface area (Å²) in [4.78, 5) is 33.5. The first kappa shape index (κ1) is 16.0. The van der Waals surface area contributed by atoms with Crippen LogP contribution in [0.15, 0.2) is 6.20 Å². The lowest BCUT2D eigenvalue weighted by atomic mass is 10.2. The van der Waals surface area contributed by atoms with E-state index in [1.54, 1.807) is 0 Å². The monoisotopic (exact) mass is 329 g/mol. The highest BCUT2D eigenvalue weighted by Crippen LogP contribution is 2.23. The third-order valence-electron chi connectivity index (χ3n) is 3.16. The van der Waals surface area contributed by atoms with Crippen molar-refractivity contribution in [3.05, 3.63) is 22.7 Å². The van der Waals surface area contributed by atoms with Gasteiger partial charge in [0, 0.05) is 24.0 Å². The number of carbonyl (C=O) groups is 2. The summed E-state index contributed by atoms with van der Waals surface area (Å²) >= 11 is 7.54. The minimum absolute atomic E-state index is 0.0565. The summed E-state index contributed by atoms with van der Waals surface area (Å²) in [6, 6.07) is -0.843. The molecule has 2 rings (SSSR count). The van der Waals surface area contributed by atoms with Gasteiger partial charge in [-0.05, 0) is 0 Å². The van der Waals surface area contributed by atoms with Gasteiger partial charge in [0.1, 0.15) is 11.9 Å². The van der Waals surface area contributed by atoms with Crippen LogP contribution >= 0.6 is 23.4 Å². The van der Waals surface area contributed by atoms with Gasteiger partial charge in [0.25, 0.3) is 5.91 Å². The molecule has 2 heterocycles. The number of carboxylic acid groups (broad SMARTS) is 1. The van der Waals surface area contributed by atoms with Gasteiger partial charge in [0.2, 0.25) is 0 Å². The number of hydrogen-bond acceptors (Lipinski definition) is 5. The van der Waals surface area contributed by atoms with E-state index in [0.717, 1.165) is 0 Å². The SMILES string of the molecule is CC(C)c1ncc(Cl)c(C(=O)N2CCSCC2C(=O)O)n1. The Balaban J connectivity index is 2.34. The zero-order chi connectivity index (χ0) is 15.6. The van der Waals surface area contributed by atoms with E-state index < -0.39 is 17.9 Å². The average Bonchev–Trinajstić information content (AvgIpc) is 2.46. The number of halogens is 1. The van der Waals surface area contributed by atoms with Gasteiger partial charge in [-0.15, -0.1) is 0 Å². The summed E-state index contributed by atoms with van der Waals surface area (Å²) in [5.41, 5.74) is 0.0773. The lowest BCUT2D eigenvalue weighted by molar-refractivity contribution is -0.141. The topological polar surface area (TPSA) is 83.4 Å². The Morgan fingerprint density at radius 2 is 2.24 bits per heavy atom. The lowest BCUT2D eigenvalue weighted by Crippen LogP contribution is -2.50. The van der Waals surface area contributed by atoms with Crippen LogP contribution in [0.5, 0.6) is 0 Å². The van der Waals surface area contributed by atoms with Crippen LogP contribution < -0.4 is 0 Å². The Bertz CT molecular complexity index is 568. The smallest absolute Gasteiger partial charge is 0.327 e. The van der Waals surface area contributed by atoms with Gasteiger partial charge in [-0.25, -0.2) is 14.8 Å². The predicted molar refractivity (Wildman–Crippen MR) is 80.9 cm³/mol. The first-order valence-electron chi connectivity index (χ1n) is 6.55. The van der Waals surface area contributed by atoms with E-state index in [9.17, 15) is 14.7 Å². The number of aliphatic carboxylic acids is 1. The maximum Gasteiger partial charge on any atom is 0.327 e. The molecule has 1 aliphatic heterocycles. The first-order valence-corrected chi connectivity index (χ1v) is 8.09. The van der Waals surface area contributed by atoms with Gasteiger partial charge in [-0.2, -0.15) is 11.8 Å². The van der Waals surface area contributed by atoms with Crippen molar-refractivity contribution in [1.29, 1.82) is 0 Å². The highest BCUT2D eigenvalue weighted by Gasteiger charge is 2.34. The molecule has 1 saturated heterocycles. The molecule has 1 amide bonds. The minimum atomic E-state index is -1.01. The molecule has 0 saturated carbocycles. The fourth-order valence-electron chi connectivity index (χ4n) is 2.00. The first-order chi connectivity index (χ1) is 9.91. The van der Waals surface area contributed by atoms with Crippen molar-refractivity contribution in [3.63, 3.8) is 0 Å². The zero-order valence-corrected chi connectivity index (χ0v) is 13.3. The normalized spacial score (nSPS) is 18.9. The van der Waals surface area contributed by atoms with Gasteiger partial charge >= 0.3 is 5.97 Å². The van der Waals surface area contributed by atoms with Crippen LogP contribution in [0, 0.1) is 0 Å². The Morgan fingerprint density at radius 1 is 1.52 bits per heavy atom. The van der Waals surface area contributed by atoms with Crippen LogP contribution in [0.1, 0.15) is 36.1 Å². The van der Waals surface area contributed by atoms with E-state index in [1.807, 2.05) is 13.8 Å². The van der Waals surface area contributed by atoms with E-state index in [1.165, 1.54) is 22.9 Å². The van der Waals surface area contributed by atoms with Gasteiger partial charge in [-0.3, -0.25) is 4.79 Å². The van der Waals surface area contributed by atoms with Crippen molar-refractivity contribution in [2.45, 2.75) is 25.8 Å². The molecule has 1 unspecified atom stereocenters. The molecular formula is C13H16ClN3O3S. The molecule has 21 heavy (non-hydrogen) atoms. The molecule has 6 nitrogen and oxygen atoms in total. The van der Waals surface area contributed by atoms with Crippen molar-refractivity contribution in [1.82, 2.24) is 14.9 Å². The molecular weight excluding hydrogens is 314 g/mol. The number of amides is 1. The number of carboxylic acids is 1. The summed E-state index contributed by atoms with van der Waals surface area (Å²) in [5, 5.41) is 9.39. The molecule has 1 fully saturated rings. The molecule has 1 aromatic heterocycles. The maximum absolute atomic E-state index is 12.6. The van der Waals surface area contributed by atoms with Gasteiger partial charge in [0.05, 0.1) is 11.2 Å². The molecule has 8 heteroatoms. The number of carbonyl (C=O) groups excluding carboxylic acids is 1. The van der Waals surface area contributed by atoms with Crippen LogP contribution in [-0.2, 0) is 4.79 Å². The van der Waals surface area contributed by atoms with Crippen LogP contribution in [0.2, 0.25) is 5.02 Å². The summed E-state index contributed by atoms with van der Waals surface area (Å²) in [6.45, 7) is 4.20. The maximum atomic E-state index is 12.6. The van der Waals surface area contributed by atoms with Crippen LogP contribution in [0.4, 0.5) is 0 Å². The number of rotatable bonds is 3. The molecule has 114 valence electrons. The highest BCUT2D eigenvalue weighted by atomic mass is 35.5. The number of hydrogen-bond donors (Lipinski definition) is 1. The summed E-state index contributed by atoms with van der Waals surface area (Å²) in [6.07, 6.45) is 1.39. The number of aromatic nitrogens is 2. The third-order valence-corrected chi connectivity index (χ3v) is 4.46. The van der Waals surface area contributed by atoms with E-state index in [0.29, 0.717) is 23.9 Å². The van der Waals surface area contributed by atoms with Gasteiger partial charge in [0.15, 0.2) is 5.69 Å². The highest BCUT2D eigenvalue weighted by molar-refractivity contribution is 7.99. The summed E-state index contributed by atoms with van der Waals surface area (Å²) in [5.74, 6) is 0.194. The van der Waals surface area contributed by atoms with Crippen molar-refractivity contribution >= 4 is 35.2 Å². The van der Waals surface area contributed by atoms with E-state index in [2.05, 4.69) is 9.97 Å². The van der Waals surface area contributed by atoms with E-state index in [-0.39, 0.29) is 16.6 Å². The predicted octanol–water partition coefficient (Wildman–Crippen LogP) is 1.90. The average molecular weight is 330 g/mol. The minimum Gasteiger partial charge on any atom is -0.480 e. The number of nitrogens with zero attached hydrogens (tertiary/aromatic N) is 3. The van der Waals surface area contributed by atoms with Gasteiger partial charge < -0.3 is 10.0 Å². The molecule has 0 bridgehead atoms. The second kappa shape index (κ2) is 6.62. The second-order valence-corrected chi connectivity index (χ2v) is 6.56. The molecule has 0 aromatic carbocycles. The van der Waals surface area contributed by atoms with Crippen LogP contribution in [0.25, 0.3) is 0 Å².